The molecule has 0 unspecified atom stereocenters. The Kier molecular flexibility index (Phi) is 6.30. The number of carbonyl (C=O) groups is 1. The molecule has 1 amide bonds. The van der Waals surface area contributed by atoms with Crippen molar-refractivity contribution in [3.8, 4) is 17.0 Å². The predicted octanol–water partition coefficient (Wildman–Crippen LogP) is 2.92. The van der Waals surface area contributed by atoms with Gasteiger partial charge in [-0.05, 0) is 49.4 Å². The molecule has 5 rings (SSSR count). The quantitative estimate of drug-likeness (QED) is 0.534. The standard InChI is InChI=1S/C27H32N6O2/c28-20-10-14-33(15-11-20)26(35)27(19-6-2-1-3-7-19)12-16-32(17-13-27)23-18-22(30-31-25(23)29)21-8-4-5-9-24(21)34/h1-9,18,20,34H,10-17,28H2,(H2,29,31). The van der Waals surface area contributed by atoms with Gasteiger partial charge in [0.15, 0.2) is 5.82 Å². The topological polar surface area (TPSA) is 122 Å². The van der Waals surface area contributed by atoms with Gasteiger partial charge in [0.25, 0.3) is 0 Å². The summed E-state index contributed by atoms with van der Waals surface area (Å²) in [5.41, 5.74) is 14.8. The Balaban J connectivity index is 1.42. The highest BCUT2D eigenvalue weighted by atomic mass is 16.3. The molecule has 5 N–H and O–H groups in total. The molecule has 2 saturated heterocycles. The number of piperidine rings is 2. The van der Waals surface area contributed by atoms with Crippen molar-refractivity contribution in [2.75, 3.05) is 36.8 Å². The van der Waals surface area contributed by atoms with Crippen molar-refractivity contribution in [1.29, 1.82) is 0 Å². The van der Waals surface area contributed by atoms with Crippen molar-refractivity contribution >= 4 is 17.4 Å². The van der Waals surface area contributed by atoms with Gasteiger partial charge in [0, 0.05) is 37.8 Å². The van der Waals surface area contributed by atoms with Crippen molar-refractivity contribution in [3.05, 3.63) is 66.2 Å². The number of nitrogens with two attached hydrogens (primary N) is 2. The third-order valence-electron chi connectivity index (χ3n) is 7.50. The first kappa shape index (κ1) is 23.1. The van der Waals surface area contributed by atoms with Crippen molar-refractivity contribution in [3.63, 3.8) is 0 Å². The van der Waals surface area contributed by atoms with Gasteiger partial charge in [-0.2, -0.15) is 0 Å². The molecule has 2 aromatic carbocycles. The molecule has 0 atom stereocenters. The van der Waals surface area contributed by atoms with Crippen molar-refractivity contribution in [1.82, 2.24) is 15.1 Å². The lowest BCUT2D eigenvalue weighted by atomic mass is 9.71. The van der Waals surface area contributed by atoms with Crippen molar-refractivity contribution in [2.24, 2.45) is 5.73 Å². The number of amides is 1. The number of hydrogen-bond donors (Lipinski definition) is 3. The van der Waals surface area contributed by atoms with Gasteiger partial charge in [-0.25, -0.2) is 0 Å². The van der Waals surface area contributed by atoms with E-state index in [9.17, 15) is 9.90 Å². The molecule has 0 aliphatic carbocycles. The number of anilines is 2. The summed E-state index contributed by atoms with van der Waals surface area (Å²) in [4.78, 5) is 18.1. The molecule has 3 aromatic rings. The normalized spacial score (nSPS) is 18.4. The summed E-state index contributed by atoms with van der Waals surface area (Å²) < 4.78 is 0. The number of hydrogen-bond acceptors (Lipinski definition) is 7. The van der Waals surface area contributed by atoms with E-state index in [-0.39, 0.29) is 17.7 Å². The van der Waals surface area contributed by atoms with Gasteiger partial charge in [0.1, 0.15) is 5.75 Å². The summed E-state index contributed by atoms with van der Waals surface area (Å²) in [5, 5.41) is 18.6. The number of nitrogens with zero attached hydrogens (tertiary/aromatic N) is 4. The number of nitrogen functional groups attached to an aromatic ring is 1. The van der Waals surface area contributed by atoms with Crippen LogP contribution in [0.15, 0.2) is 60.7 Å². The van der Waals surface area contributed by atoms with E-state index in [1.54, 1.807) is 18.2 Å². The molecule has 0 bridgehead atoms. The summed E-state index contributed by atoms with van der Waals surface area (Å²) in [6.45, 7) is 2.74. The van der Waals surface area contributed by atoms with E-state index in [1.165, 1.54) is 0 Å². The van der Waals surface area contributed by atoms with Crippen LogP contribution in [-0.4, -0.2) is 58.3 Å². The van der Waals surface area contributed by atoms with E-state index in [0.29, 0.717) is 56.1 Å². The van der Waals surface area contributed by atoms with Gasteiger partial charge in [-0.15, -0.1) is 10.2 Å². The molecule has 8 heteroatoms. The molecular formula is C27H32N6O2. The third kappa shape index (κ3) is 4.41. The van der Waals surface area contributed by atoms with Crippen LogP contribution in [0.3, 0.4) is 0 Å². The van der Waals surface area contributed by atoms with Crippen LogP contribution >= 0.6 is 0 Å². The van der Waals surface area contributed by atoms with Crippen LogP contribution in [0.5, 0.6) is 5.75 Å². The highest BCUT2D eigenvalue weighted by Crippen LogP contribution is 2.40. The number of aromatic hydroxyl groups is 1. The molecule has 182 valence electrons. The molecule has 1 aromatic heterocycles. The summed E-state index contributed by atoms with van der Waals surface area (Å²) in [7, 11) is 0. The van der Waals surface area contributed by atoms with Crippen molar-refractivity contribution < 1.29 is 9.90 Å². The first-order valence-electron chi connectivity index (χ1n) is 12.2. The Morgan fingerprint density at radius 1 is 0.943 bits per heavy atom. The Labute approximate surface area is 205 Å². The Bertz CT molecular complexity index is 1190. The molecular weight excluding hydrogens is 440 g/mol. The van der Waals surface area contributed by atoms with E-state index in [4.69, 9.17) is 11.5 Å². The Hall–Kier alpha value is -3.65. The fourth-order valence-corrected chi connectivity index (χ4v) is 5.38. The van der Waals surface area contributed by atoms with Crippen LogP contribution < -0.4 is 16.4 Å². The second-order valence-corrected chi connectivity index (χ2v) is 9.58. The van der Waals surface area contributed by atoms with Crippen LogP contribution in [0.4, 0.5) is 11.5 Å². The maximum absolute atomic E-state index is 14.0. The molecule has 2 aliphatic rings. The fraction of sp³-hybridized carbons (Fsp3) is 0.370. The lowest BCUT2D eigenvalue weighted by Gasteiger charge is -2.45. The monoisotopic (exact) mass is 472 g/mol. The number of phenols is 1. The summed E-state index contributed by atoms with van der Waals surface area (Å²) in [6.07, 6.45) is 3.03. The molecule has 2 fully saturated rings. The fourth-order valence-electron chi connectivity index (χ4n) is 5.38. The largest absolute Gasteiger partial charge is 0.507 e. The zero-order chi connectivity index (χ0) is 24.4. The van der Waals surface area contributed by atoms with E-state index < -0.39 is 5.41 Å². The van der Waals surface area contributed by atoms with E-state index in [2.05, 4.69) is 27.2 Å². The van der Waals surface area contributed by atoms with Crippen LogP contribution in [0.1, 0.15) is 31.2 Å². The van der Waals surface area contributed by atoms with Gasteiger partial charge < -0.3 is 26.4 Å². The predicted molar refractivity (Wildman–Crippen MR) is 137 cm³/mol. The number of para-hydroxylation sites is 1. The molecule has 0 spiro atoms. The van der Waals surface area contributed by atoms with E-state index >= 15 is 0 Å². The highest BCUT2D eigenvalue weighted by molar-refractivity contribution is 5.89. The van der Waals surface area contributed by atoms with Gasteiger partial charge >= 0.3 is 0 Å². The average Bonchev–Trinajstić information content (AvgIpc) is 2.90. The van der Waals surface area contributed by atoms with Crippen LogP contribution in [0.25, 0.3) is 11.3 Å². The van der Waals surface area contributed by atoms with Gasteiger partial charge in [-0.3, -0.25) is 4.79 Å². The number of likely N-dealkylation sites (tertiary alicyclic amines) is 1. The summed E-state index contributed by atoms with van der Waals surface area (Å²) in [5.74, 6) is 0.685. The molecule has 35 heavy (non-hydrogen) atoms. The Morgan fingerprint density at radius 3 is 2.29 bits per heavy atom. The third-order valence-corrected chi connectivity index (χ3v) is 7.50. The number of carbonyl (C=O) groups excluding carboxylic acids is 1. The molecule has 8 nitrogen and oxygen atoms in total. The summed E-state index contributed by atoms with van der Waals surface area (Å²) in [6, 6.07) is 19.2. The zero-order valence-corrected chi connectivity index (χ0v) is 19.8. The molecule has 0 radical (unpaired) electrons. The molecule has 0 saturated carbocycles. The van der Waals surface area contributed by atoms with Gasteiger partial charge in [0.2, 0.25) is 5.91 Å². The van der Waals surface area contributed by atoms with Crippen LogP contribution in [0, 0.1) is 0 Å². The van der Waals surface area contributed by atoms with Crippen LogP contribution in [-0.2, 0) is 10.2 Å². The maximum Gasteiger partial charge on any atom is 0.233 e. The number of phenolic OH excluding ortho intramolecular Hbond substituents is 1. The maximum atomic E-state index is 14.0. The van der Waals surface area contributed by atoms with Crippen molar-refractivity contribution in [2.45, 2.75) is 37.1 Å². The van der Waals surface area contributed by atoms with E-state index in [0.717, 1.165) is 24.1 Å². The number of benzene rings is 2. The zero-order valence-electron chi connectivity index (χ0n) is 19.8. The average molecular weight is 473 g/mol. The minimum atomic E-state index is -0.574. The molecule has 2 aliphatic heterocycles. The van der Waals surface area contributed by atoms with Gasteiger partial charge in [0.05, 0.1) is 16.8 Å². The highest BCUT2D eigenvalue weighted by Gasteiger charge is 2.45. The number of aromatic nitrogens is 2. The SMILES string of the molecule is Nc1nnc(-c2ccccc2O)cc1N1CCC(C(=O)N2CCC(N)CC2)(c2ccccc2)CC1. The van der Waals surface area contributed by atoms with Crippen LogP contribution in [0.2, 0.25) is 0 Å². The first-order valence-corrected chi connectivity index (χ1v) is 12.2. The van der Waals surface area contributed by atoms with E-state index in [1.807, 2.05) is 35.2 Å². The second kappa shape index (κ2) is 9.54. The Morgan fingerprint density at radius 2 is 1.60 bits per heavy atom. The van der Waals surface area contributed by atoms with Gasteiger partial charge in [-0.1, -0.05) is 42.5 Å². The second-order valence-electron chi connectivity index (χ2n) is 9.58. The molecule has 3 heterocycles. The smallest absolute Gasteiger partial charge is 0.233 e. The summed E-state index contributed by atoms with van der Waals surface area (Å²) >= 11 is 0. The first-order chi connectivity index (χ1) is 17.0. The lowest BCUT2D eigenvalue weighted by Crippen LogP contribution is -2.55. The number of rotatable bonds is 4. The lowest BCUT2D eigenvalue weighted by molar-refractivity contribution is -0.139. The minimum Gasteiger partial charge on any atom is -0.507 e. The minimum absolute atomic E-state index is 0.145.